The van der Waals surface area contributed by atoms with Crippen LogP contribution in [0.1, 0.15) is 26.7 Å². The number of hydrogen-bond donors (Lipinski definition) is 0. The van der Waals surface area contributed by atoms with Crippen molar-refractivity contribution in [1.29, 1.82) is 0 Å². The molecule has 1 aliphatic heterocycles. The molecular weight excluding hydrogens is 482 g/mol. The van der Waals surface area contributed by atoms with Gasteiger partial charge in [-0.2, -0.15) is 0 Å². The van der Waals surface area contributed by atoms with Gasteiger partial charge in [0, 0.05) is 31.7 Å². The quantitative estimate of drug-likeness (QED) is 0.356. The van der Waals surface area contributed by atoms with Gasteiger partial charge in [0.25, 0.3) is 5.91 Å². The van der Waals surface area contributed by atoms with Crippen molar-refractivity contribution >= 4 is 48.3 Å². The van der Waals surface area contributed by atoms with Gasteiger partial charge in [-0.15, -0.1) is 0 Å². The van der Waals surface area contributed by atoms with Crippen LogP contribution in [-0.2, 0) is 28.7 Å². The number of ether oxygens (including phenoxy) is 2. The second-order valence-electron chi connectivity index (χ2n) is 8.97. The Morgan fingerprint density at radius 2 is 1.49 bits per heavy atom. The van der Waals surface area contributed by atoms with E-state index in [9.17, 15) is 19.2 Å². The SMILES string of the molecule is CC(=O)O[C@H]1C(=O)N(CCCC(=O)[Si](C)(C)c2ccccc2)C(Sc2ccccc2)[C@@H]1OC(C)=O. The highest BCUT2D eigenvalue weighted by Crippen LogP contribution is 2.37. The van der Waals surface area contributed by atoms with Crippen LogP contribution in [0.2, 0.25) is 13.1 Å². The summed E-state index contributed by atoms with van der Waals surface area (Å²) in [7, 11) is -2.31. The van der Waals surface area contributed by atoms with E-state index in [2.05, 4.69) is 0 Å². The monoisotopic (exact) mass is 513 g/mol. The van der Waals surface area contributed by atoms with Gasteiger partial charge in [0.1, 0.15) is 10.8 Å². The molecule has 0 spiro atoms. The maximum Gasteiger partial charge on any atom is 0.303 e. The average Bonchev–Trinajstić information content (AvgIpc) is 3.04. The lowest BCUT2D eigenvalue weighted by Gasteiger charge is -2.27. The van der Waals surface area contributed by atoms with E-state index in [0.29, 0.717) is 12.8 Å². The van der Waals surface area contributed by atoms with Gasteiger partial charge in [-0.25, -0.2) is 0 Å². The van der Waals surface area contributed by atoms with Gasteiger partial charge < -0.3 is 19.2 Å². The van der Waals surface area contributed by atoms with Gasteiger partial charge in [-0.3, -0.25) is 14.4 Å². The minimum Gasteiger partial charge on any atom is -0.455 e. The minimum absolute atomic E-state index is 0.204. The molecule has 1 saturated heterocycles. The highest BCUT2D eigenvalue weighted by molar-refractivity contribution is 8.00. The highest BCUT2D eigenvalue weighted by Gasteiger charge is 2.52. The second-order valence-corrected chi connectivity index (χ2v) is 14.6. The summed E-state index contributed by atoms with van der Waals surface area (Å²) >= 11 is 1.37. The molecule has 1 aliphatic rings. The second kappa shape index (κ2) is 11.7. The largest absolute Gasteiger partial charge is 0.455 e. The third-order valence-corrected chi connectivity index (χ3v) is 10.7. The number of carbonyl (C=O) groups excluding carboxylic acids is 4. The molecule has 2 aromatic rings. The standard InChI is InChI=1S/C26H31NO6SSi/c1-18(28)32-23-24(33-19(2)29)26(34-20-12-7-5-8-13-20)27(25(23)31)17-11-16-22(30)35(3,4)21-14-9-6-10-15-21/h5-10,12-15,23-24,26H,11,16-17H2,1-4H3/t23-,24-,26?/m1/s1. The van der Waals surface area contributed by atoms with Gasteiger partial charge in [-0.1, -0.05) is 78.6 Å². The molecule has 1 fully saturated rings. The predicted molar refractivity (Wildman–Crippen MR) is 137 cm³/mol. The fourth-order valence-corrected chi connectivity index (χ4v) is 7.52. The fraction of sp³-hybridized carbons (Fsp3) is 0.385. The molecule has 3 rings (SSSR count). The molecule has 0 aromatic heterocycles. The first-order valence-electron chi connectivity index (χ1n) is 11.6. The van der Waals surface area contributed by atoms with E-state index in [0.717, 1.165) is 10.1 Å². The zero-order valence-corrected chi connectivity index (χ0v) is 22.2. The Labute approximate surface area is 211 Å². The minimum atomic E-state index is -2.31. The number of benzene rings is 2. The first kappa shape index (κ1) is 26.7. The van der Waals surface area contributed by atoms with Gasteiger partial charge in [-0.05, 0) is 18.6 Å². The van der Waals surface area contributed by atoms with E-state index in [-0.39, 0.29) is 12.0 Å². The highest BCUT2D eigenvalue weighted by atomic mass is 32.2. The Morgan fingerprint density at radius 1 is 0.914 bits per heavy atom. The maximum absolute atomic E-state index is 13.3. The molecule has 1 unspecified atom stereocenters. The molecule has 0 radical (unpaired) electrons. The molecule has 7 nitrogen and oxygen atoms in total. The van der Waals surface area contributed by atoms with Crippen LogP contribution in [0.15, 0.2) is 65.6 Å². The number of esters is 2. The van der Waals surface area contributed by atoms with E-state index in [1.165, 1.54) is 25.6 Å². The summed E-state index contributed by atoms with van der Waals surface area (Å²) in [4.78, 5) is 52.4. The lowest BCUT2D eigenvalue weighted by atomic mass is 10.2. The van der Waals surface area contributed by atoms with Crippen molar-refractivity contribution in [3.8, 4) is 0 Å². The molecule has 0 N–H and O–H groups in total. The lowest BCUT2D eigenvalue weighted by Crippen LogP contribution is -2.50. The molecule has 2 aromatic carbocycles. The van der Waals surface area contributed by atoms with Crippen molar-refractivity contribution in [1.82, 2.24) is 4.90 Å². The molecule has 3 atom stereocenters. The van der Waals surface area contributed by atoms with Crippen LogP contribution in [0.25, 0.3) is 0 Å². The number of thioether (sulfide) groups is 1. The first-order valence-corrected chi connectivity index (χ1v) is 15.4. The van der Waals surface area contributed by atoms with Gasteiger partial charge in [0.2, 0.25) is 6.10 Å². The summed E-state index contributed by atoms with van der Waals surface area (Å²) < 4.78 is 10.8. The van der Waals surface area contributed by atoms with Crippen LogP contribution in [0.3, 0.4) is 0 Å². The molecule has 0 aliphatic carbocycles. The topological polar surface area (TPSA) is 90.0 Å². The number of rotatable bonds is 10. The summed E-state index contributed by atoms with van der Waals surface area (Å²) in [6.45, 7) is 6.83. The number of hydrogen-bond acceptors (Lipinski definition) is 7. The van der Waals surface area contributed by atoms with Crippen molar-refractivity contribution in [2.75, 3.05) is 6.54 Å². The van der Waals surface area contributed by atoms with Crippen molar-refractivity contribution in [2.45, 2.75) is 62.3 Å². The number of carbonyl (C=O) groups is 4. The fourth-order valence-electron chi connectivity index (χ4n) is 4.11. The zero-order chi connectivity index (χ0) is 25.6. The Bertz CT molecular complexity index is 1060. The van der Waals surface area contributed by atoms with Crippen molar-refractivity contribution < 1.29 is 28.7 Å². The Morgan fingerprint density at radius 3 is 2.06 bits per heavy atom. The van der Waals surface area contributed by atoms with Crippen LogP contribution < -0.4 is 5.19 Å². The van der Waals surface area contributed by atoms with E-state index in [1.54, 1.807) is 4.90 Å². The van der Waals surface area contributed by atoms with Gasteiger partial charge >= 0.3 is 11.9 Å². The van der Waals surface area contributed by atoms with Crippen molar-refractivity contribution in [3.05, 3.63) is 60.7 Å². The zero-order valence-electron chi connectivity index (χ0n) is 20.4. The Kier molecular flexibility index (Phi) is 8.91. The smallest absolute Gasteiger partial charge is 0.303 e. The van der Waals surface area contributed by atoms with E-state index in [1.807, 2.05) is 73.8 Å². The number of likely N-dealkylation sites (tertiary alicyclic amines) is 1. The molecule has 35 heavy (non-hydrogen) atoms. The number of amides is 1. The predicted octanol–water partition coefficient (Wildman–Crippen LogP) is 3.31. The molecule has 186 valence electrons. The van der Waals surface area contributed by atoms with Gasteiger partial charge in [0.15, 0.2) is 14.2 Å². The van der Waals surface area contributed by atoms with Crippen LogP contribution >= 0.6 is 11.8 Å². The molecule has 0 saturated carbocycles. The van der Waals surface area contributed by atoms with Crippen molar-refractivity contribution in [2.24, 2.45) is 0 Å². The van der Waals surface area contributed by atoms with E-state index >= 15 is 0 Å². The molecule has 0 bridgehead atoms. The Balaban J connectivity index is 1.78. The summed E-state index contributed by atoms with van der Waals surface area (Å²) in [5, 5.41) is 0.688. The molecule has 1 heterocycles. The van der Waals surface area contributed by atoms with E-state index < -0.39 is 43.5 Å². The normalized spacial score (nSPS) is 19.9. The number of nitrogens with zero attached hydrogens (tertiary/aromatic N) is 1. The molecule has 9 heteroatoms. The maximum atomic E-state index is 13.3. The van der Waals surface area contributed by atoms with Crippen molar-refractivity contribution in [3.63, 3.8) is 0 Å². The summed E-state index contributed by atoms with van der Waals surface area (Å²) in [5.41, 5.74) is 0. The summed E-state index contributed by atoms with van der Waals surface area (Å²) in [6, 6.07) is 19.2. The third kappa shape index (κ3) is 6.61. The van der Waals surface area contributed by atoms with Crippen LogP contribution in [0, 0.1) is 0 Å². The Hall–Kier alpha value is -2.91. The molecule has 1 amide bonds. The van der Waals surface area contributed by atoms with Crippen LogP contribution in [0.5, 0.6) is 0 Å². The first-order chi connectivity index (χ1) is 16.6. The van der Waals surface area contributed by atoms with Crippen LogP contribution in [-0.4, -0.2) is 60.4 Å². The molecular formula is C26H31NO6SSi. The average molecular weight is 514 g/mol. The third-order valence-electron chi connectivity index (χ3n) is 6.00. The summed E-state index contributed by atoms with van der Waals surface area (Å²) in [5.74, 6) is -1.62. The van der Waals surface area contributed by atoms with Crippen LogP contribution in [0.4, 0.5) is 0 Å². The lowest BCUT2D eigenvalue weighted by molar-refractivity contribution is -0.165. The summed E-state index contributed by atoms with van der Waals surface area (Å²) in [6.07, 6.45) is -1.39. The van der Waals surface area contributed by atoms with Gasteiger partial charge in [0.05, 0.1) is 0 Å². The van der Waals surface area contributed by atoms with E-state index in [4.69, 9.17) is 9.47 Å².